The van der Waals surface area contributed by atoms with Gasteiger partial charge in [-0.2, -0.15) is 0 Å². The van der Waals surface area contributed by atoms with Crippen molar-refractivity contribution >= 4 is 52.8 Å². The van der Waals surface area contributed by atoms with Gasteiger partial charge in [-0.15, -0.1) is 0 Å². The quantitative estimate of drug-likeness (QED) is 0.0348. The summed E-state index contributed by atoms with van der Waals surface area (Å²) in [5.74, 6) is -6.27. The number of amides is 3. The Balaban J connectivity index is 3.88. The zero-order valence-electron chi connectivity index (χ0n) is 45.0. The highest BCUT2D eigenvalue weighted by Gasteiger charge is 2.32. The van der Waals surface area contributed by atoms with Crippen molar-refractivity contribution in [3.63, 3.8) is 0 Å². The molecule has 0 fully saturated rings. The summed E-state index contributed by atoms with van der Waals surface area (Å²) in [6, 6.07) is 0. The molecular weight excluding hydrogens is 947 g/mol. The maximum Gasteiger partial charge on any atom is 0.306 e. The summed E-state index contributed by atoms with van der Waals surface area (Å²) >= 11 is 0. The van der Waals surface area contributed by atoms with Gasteiger partial charge in [-0.1, -0.05) is 104 Å². The van der Waals surface area contributed by atoms with E-state index in [-0.39, 0.29) is 133 Å². The molecule has 0 saturated carbocycles. The number of aliphatic hydroxyl groups excluding tert-OH is 1. The molecule has 0 heterocycles. The molecular formula is C54H95N3O16. The highest BCUT2D eigenvalue weighted by atomic mass is 16.5. The number of aliphatic carboxylic acids is 2. The minimum atomic E-state index is -1.09. The van der Waals surface area contributed by atoms with E-state index in [1.165, 1.54) is 51.9 Å². The lowest BCUT2D eigenvalue weighted by Gasteiger charge is -2.23. The highest BCUT2D eigenvalue weighted by Crippen LogP contribution is 2.26. The minimum absolute atomic E-state index is 0.0202. The van der Waals surface area contributed by atoms with Crippen molar-refractivity contribution in [2.45, 2.75) is 201 Å². The number of rotatable bonds is 52. The Morgan fingerprint density at radius 1 is 0.493 bits per heavy atom. The van der Waals surface area contributed by atoms with Gasteiger partial charge < -0.3 is 50.6 Å². The van der Waals surface area contributed by atoms with Crippen LogP contribution in [0.15, 0.2) is 0 Å². The molecule has 0 rings (SSSR count). The SMILES string of the molecule is C[C@@H](O)[C@H](CC(=O)[C@H](CCCCNC(=O)COCCOCCNC(=O)COCCOCCCC(=O)CC[C@H](CC(=O)CCCCCCCCCCCCCCCCC(=O)O)C(=O)O)CC(=O)C(C)(C)C)C(N)=O. The number of nitrogens with two attached hydrogens (primary N) is 1. The Bertz CT molecular complexity index is 1580. The number of hydrogen-bond donors (Lipinski definition) is 6. The summed E-state index contributed by atoms with van der Waals surface area (Å²) < 4.78 is 21.6. The Kier molecular flexibility index (Phi) is 41.6. The van der Waals surface area contributed by atoms with Gasteiger partial charge in [-0.05, 0) is 45.4 Å². The zero-order chi connectivity index (χ0) is 54.7. The molecule has 19 nitrogen and oxygen atoms in total. The van der Waals surface area contributed by atoms with Gasteiger partial charge in [-0.3, -0.25) is 43.2 Å². The third-order valence-corrected chi connectivity index (χ3v) is 12.6. The lowest BCUT2D eigenvalue weighted by Crippen LogP contribution is -2.36. The number of carboxylic acid groups (broad SMARTS) is 2. The normalized spacial score (nSPS) is 13.2. The summed E-state index contributed by atoms with van der Waals surface area (Å²) in [5, 5.41) is 33.6. The molecule has 0 aromatic heterocycles. The molecule has 0 aromatic carbocycles. The molecule has 73 heavy (non-hydrogen) atoms. The Morgan fingerprint density at radius 3 is 1.47 bits per heavy atom. The van der Waals surface area contributed by atoms with Crippen LogP contribution in [0.3, 0.4) is 0 Å². The van der Waals surface area contributed by atoms with Gasteiger partial charge in [-0.25, -0.2) is 0 Å². The Morgan fingerprint density at radius 2 is 0.973 bits per heavy atom. The number of ketones is 4. The van der Waals surface area contributed by atoms with Crippen molar-refractivity contribution in [1.82, 2.24) is 10.6 Å². The maximum atomic E-state index is 13.0. The molecule has 4 atom stereocenters. The predicted molar refractivity (Wildman–Crippen MR) is 275 cm³/mol. The maximum absolute atomic E-state index is 13.0. The molecule has 0 saturated heterocycles. The fourth-order valence-corrected chi connectivity index (χ4v) is 7.92. The summed E-state index contributed by atoms with van der Waals surface area (Å²) in [5.41, 5.74) is 4.72. The molecule has 7 N–H and O–H groups in total. The van der Waals surface area contributed by atoms with Crippen molar-refractivity contribution in [2.24, 2.45) is 28.9 Å². The molecule has 422 valence electrons. The van der Waals surface area contributed by atoms with Gasteiger partial charge in [0.15, 0.2) is 0 Å². The summed E-state index contributed by atoms with van der Waals surface area (Å²) in [6.45, 7) is 8.22. The average molecular weight is 1040 g/mol. The van der Waals surface area contributed by atoms with Crippen LogP contribution in [0.25, 0.3) is 0 Å². The number of nitrogens with one attached hydrogen (secondary N) is 2. The molecule has 0 radical (unpaired) electrons. The van der Waals surface area contributed by atoms with Crippen LogP contribution < -0.4 is 16.4 Å². The molecule has 0 unspecified atom stereocenters. The first-order valence-electron chi connectivity index (χ1n) is 27.1. The monoisotopic (exact) mass is 1040 g/mol. The van der Waals surface area contributed by atoms with E-state index in [1.54, 1.807) is 20.8 Å². The van der Waals surface area contributed by atoms with Crippen LogP contribution in [0.4, 0.5) is 0 Å². The van der Waals surface area contributed by atoms with E-state index in [4.69, 9.17) is 29.8 Å². The van der Waals surface area contributed by atoms with Crippen LogP contribution in [0.2, 0.25) is 0 Å². The summed E-state index contributed by atoms with van der Waals surface area (Å²) in [4.78, 5) is 109. The predicted octanol–water partition coefficient (Wildman–Crippen LogP) is 6.63. The Hall–Kier alpha value is -4.17. The number of primary amides is 1. The second-order valence-electron chi connectivity index (χ2n) is 20.3. The van der Waals surface area contributed by atoms with Crippen molar-refractivity contribution in [1.29, 1.82) is 0 Å². The van der Waals surface area contributed by atoms with Gasteiger partial charge in [0.05, 0.1) is 51.0 Å². The first-order chi connectivity index (χ1) is 34.7. The third kappa shape index (κ3) is 41.8. The second kappa shape index (κ2) is 44.2. The first-order valence-corrected chi connectivity index (χ1v) is 27.1. The van der Waals surface area contributed by atoms with E-state index in [2.05, 4.69) is 10.6 Å². The summed E-state index contributed by atoms with van der Waals surface area (Å²) in [6.07, 6.45) is 16.9. The number of unbranched alkanes of at least 4 members (excludes halogenated alkanes) is 14. The number of carboxylic acids is 2. The fraction of sp³-hybridized carbons (Fsp3) is 0.833. The van der Waals surface area contributed by atoms with Gasteiger partial charge in [0, 0.05) is 76.0 Å². The van der Waals surface area contributed by atoms with Crippen LogP contribution in [-0.2, 0) is 62.1 Å². The second-order valence-corrected chi connectivity index (χ2v) is 20.3. The van der Waals surface area contributed by atoms with E-state index < -0.39 is 47.1 Å². The number of ether oxygens (including phenoxy) is 4. The molecule has 0 aromatic rings. The third-order valence-electron chi connectivity index (χ3n) is 12.6. The largest absolute Gasteiger partial charge is 0.481 e. The average Bonchev–Trinajstić information content (AvgIpc) is 3.32. The van der Waals surface area contributed by atoms with E-state index >= 15 is 0 Å². The van der Waals surface area contributed by atoms with Crippen LogP contribution in [-0.4, -0.2) is 140 Å². The Labute approximate surface area is 435 Å². The van der Waals surface area contributed by atoms with Crippen LogP contribution in [0.1, 0.15) is 195 Å². The standard InChI is InChI=1S/C54H95N3O16/c1-41(58)46(52(55)67)38-47(61)42(37-48(62)54(2,3)4)22-19-20-28-56-49(63)39-73-35-33-71-31-29-57-50(64)40-72-34-32-70-30-21-24-44(59)27-26-43(53(68)69)36-45(60)23-17-15-13-11-9-7-5-6-8-10-12-14-16-18-25-51(65)66/h41-43,46,58H,5-40H2,1-4H3,(H2,55,67)(H,56,63)(H,57,64)(H,65,66)(H,68,69)/t41-,42-,43-,46+/m1/s1. The number of Topliss-reactive ketones (excluding diaryl/α,β-unsaturated/α-hetero) is 4. The molecule has 0 aliphatic heterocycles. The van der Waals surface area contributed by atoms with Crippen molar-refractivity contribution in [3.05, 3.63) is 0 Å². The van der Waals surface area contributed by atoms with Gasteiger partial charge in [0.2, 0.25) is 17.7 Å². The number of carbonyl (C=O) groups is 9. The van der Waals surface area contributed by atoms with Crippen molar-refractivity contribution in [3.8, 4) is 0 Å². The molecule has 19 heteroatoms. The van der Waals surface area contributed by atoms with E-state index in [0.717, 1.165) is 44.9 Å². The van der Waals surface area contributed by atoms with Crippen molar-refractivity contribution < 1.29 is 77.4 Å². The van der Waals surface area contributed by atoms with Gasteiger partial charge in [0.1, 0.15) is 36.3 Å². The molecule has 3 amide bonds. The van der Waals surface area contributed by atoms with Crippen LogP contribution in [0, 0.1) is 23.2 Å². The molecule has 0 spiro atoms. The van der Waals surface area contributed by atoms with Crippen molar-refractivity contribution in [2.75, 3.05) is 65.9 Å². The topological polar surface area (TPSA) is 301 Å². The lowest BCUT2D eigenvalue weighted by atomic mass is 9.80. The summed E-state index contributed by atoms with van der Waals surface area (Å²) in [7, 11) is 0. The van der Waals surface area contributed by atoms with Crippen LogP contribution >= 0.6 is 0 Å². The molecule has 0 aliphatic carbocycles. The number of carbonyl (C=O) groups excluding carboxylic acids is 7. The van der Waals surface area contributed by atoms with Crippen LogP contribution in [0.5, 0.6) is 0 Å². The minimum Gasteiger partial charge on any atom is -0.481 e. The smallest absolute Gasteiger partial charge is 0.306 e. The van der Waals surface area contributed by atoms with E-state index in [9.17, 15) is 53.4 Å². The van der Waals surface area contributed by atoms with E-state index in [0.29, 0.717) is 45.3 Å². The fourth-order valence-electron chi connectivity index (χ4n) is 7.92. The van der Waals surface area contributed by atoms with Gasteiger partial charge in [0.25, 0.3) is 0 Å². The number of aliphatic hydroxyl groups is 1. The molecule has 0 bridgehead atoms. The highest BCUT2D eigenvalue weighted by molar-refractivity contribution is 5.92. The first kappa shape index (κ1) is 68.8. The molecule has 0 aliphatic rings. The number of hydrogen-bond acceptors (Lipinski definition) is 14. The zero-order valence-corrected chi connectivity index (χ0v) is 45.0. The lowest BCUT2D eigenvalue weighted by molar-refractivity contribution is -0.144. The van der Waals surface area contributed by atoms with E-state index in [1.807, 2.05) is 0 Å². The van der Waals surface area contributed by atoms with Gasteiger partial charge >= 0.3 is 11.9 Å².